The van der Waals surface area contributed by atoms with Crippen LogP contribution in [-0.4, -0.2) is 16.3 Å². The monoisotopic (exact) mass is 281 g/mol. The topological polar surface area (TPSA) is 68.0 Å². The van der Waals surface area contributed by atoms with Gasteiger partial charge in [0.05, 0.1) is 0 Å². The fourth-order valence-electron chi connectivity index (χ4n) is 1.30. The summed E-state index contributed by atoms with van der Waals surface area (Å²) in [5.41, 5.74) is -0.0249. The van der Waals surface area contributed by atoms with Gasteiger partial charge in [0.25, 0.3) is 5.88 Å². The maximum absolute atomic E-state index is 12.0. The van der Waals surface area contributed by atoms with E-state index in [1.807, 2.05) is 0 Å². The van der Waals surface area contributed by atoms with Gasteiger partial charge >= 0.3 is 6.36 Å². The van der Waals surface area contributed by atoms with Crippen LogP contribution in [0.2, 0.25) is 0 Å². The standard InChI is InChI=1S/C12H6F3N3O2/c13-12(14,15)20-9-3-1-8(2-4-9)19-11-10(7-16)17-5-6-18-11/h1-6H. The van der Waals surface area contributed by atoms with E-state index in [-0.39, 0.29) is 23.1 Å². The van der Waals surface area contributed by atoms with E-state index in [4.69, 9.17) is 10.00 Å². The molecule has 1 aromatic heterocycles. The zero-order valence-corrected chi connectivity index (χ0v) is 9.76. The van der Waals surface area contributed by atoms with Crippen LogP contribution in [-0.2, 0) is 0 Å². The molecule has 0 saturated carbocycles. The van der Waals surface area contributed by atoms with E-state index in [1.165, 1.54) is 24.5 Å². The number of aromatic nitrogens is 2. The summed E-state index contributed by atoms with van der Waals surface area (Å²) in [7, 11) is 0. The van der Waals surface area contributed by atoms with E-state index in [1.54, 1.807) is 6.07 Å². The third-order valence-electron chi connectivity index (χ3n) is 2.04. The molecule has 0 aliphatic carbocycles. The molecule has 102 valence electrons. The van der Waals surface area contributed by atoms with Crippen molar-refractivity contribution in [1.82, 2.24) is 9.97 Å². The summed E-state index contributed by atoms with van der Waals surface area (Å²) in [6.07, 6.45) is -2.09. The molecule has 0 radical (unpaired) electrons. The highest BCUT2D eigenvalue weighted by Gasteiger charge is 2.30. The maximum atomic E-state index is 12.0. The summed E-state index contributed by atoms with van der Waals surface area (Å²) in [4.78, 5) is 7.55. The first-order valence-corrected chi connectivity index (χ1v) is 5.23. The van der Waals surface area contributed by atoms with Gasteiger partial charge in [-0.2, -0.15) is 5.26 Å². The molecule has 20 heavy (non-hydrogen) atoms. The lowest BCUT2D eigenvalue weighted by Gasteiger charge is -2.09. The number of hydrogen-bond acceptors (Lipinski definition) is 5. The third-order valence-corrected chi connectivity index (χ3v) is 2.04. The molecule has 0 amide bonds. The van der Waals surface area contributed by atoms with Crippen LogP contribution in [0.25, 0.3) is 0 Å². The van der Waals surface area contributed by atoms with Crippen LogP contribution in [0, 0.1) is 11.3 Å². The van der Waals surface area contributed by atoms with E-state index >= 15 is 0 Å². The molecule has 1 aromatic carbocycles. The van der Waals surface area contributed by atoms with Crippen molar-refractivity contribution in [2.45, 2.75) is 6.36 Å². The highest BCUT2D eigenvalue weighted by Crippen LogP contribution is 2.27. The lowest BCUT2D eigenvalue weighted by molar-refractivity contribution is -0.274. The van der Waals surface area contributed by atoms with Crippen LogP contribution in [0.4, 0.5) is 13.2 Å². The van der Waals surface area contributed by atoms with Gasteiger partial charge < -0.3 is 9.47 Å². The van der Waals surface area contributed by atoms with Gasteiger partial charge in [-0.25, -0.2) is 9.97 Å². The number of ether oxygens (including phenoxy) is 2. The van der Waals surface area contributed by atoms with Crippen LogP contribution in [0.15, 0.2) is 36.7 Å². The minimum atomic E-state index is -4.75. The Balaban J connectivity index is 2.13. The molecule has 0 atom stereocenters. The van der Waals surface area contributed by atoms with E-state index in [2.05, 4.69) is 14.7 Å². The molecule has 0 saturated heterocycles. The van der Waals surface area contributed by atoms with Crippen molar-refractivity contribution in [1.29, 1.82) is 5.26 Å². The molecule has 0 unspecified atom stereocenters. The normalized spacial score (nSPS) is 10.7. The molecule has 0 bridgehead atoms. The largest absolute Gasteiger partial charge is 0.573 e. The number of rotatable bonds is 3. The van der Waals surface area contributed by atoms with Crippen LogP contribution in [0.3, 0.4) is 0 Å². The number of nitriles is 1. The van der Waals surface area contributed by atoms with Crippen molar-refractivity contribution in [3.8, 4) is 23.4 Å². The first-order chi connectivity index (χ1) is 9.48. The minimum absolute atomic E-state index is 0.0249. The second-order valence-corrected chi connectivity index (χ2v) is 3.44. The molecular weight excluding hydrogens is 275 g/mol. The van der Waals surface area contributed by atoms with Crippen molar-refractivity contribution < 1.29 is 22.6 Å². The lowest BCUT2D eigenvalue weighted by atomic mass is 10.3. The summed E-state index contributed by atoms with van der Waals surface area (Å²) < 4.78 is 44.9. The Morgan fingerprint density at radius 3 is 2.20 bits per heavy atom. The van der Waals surface area contributed by atoms with Crippen molar-refractivity contribution in [3.05, 3.63) is 42.4 Å². The summed E-state index contributed by atoms with van der Waals surface area (Å²) >= 11 is 0. The number of nitrogens with zero attached hydrogens (tertiary/aromatic N) is 3. The fourth-order valence-corrected chi connectivity index (χ4v) is 1.30. The van der Waals surface area contributed by atoms with Crippen molar-refractivity contribution >= 4 is 0 Å². The predicted molar refractivity (Wildman–Crippen MR) is 59.9 cm³/mol. The Morgan fingerprint density at radius 2 is 1.60 bits per heavy atom. The first kappa shape index (κ1) is 13.6. The molecule has 0 aliphatic heterocycles. The molecule has 0 spiro atoms. The molecule has 0 N–H and O–H groups in total. The SMILES string of the molecule is N#Cc1nccnc1Oc1ccc(OC(F)(F)F)cc1. The van der Waals surface area contributed by atoms with Crippen molar-refractivity contribution in [2.24, 2.45) is 0 Å². The highest BCUT2D eigenvalue weighted by molar-refractivity contribution is 5.37. The van der Waals surface area contributed by atoms with Gasteiger partial charge in [-0.05, 0) is 24.3 Å². The molecule has 5 nitrogen and oxygen atoms in total. The number of hydrogen-bond donors (Lipinski definition) is 0. The number of benzene rings is 1. The highest BCUT2D eigenvalue weighted by atomic mass is 19.4. The molecule has 2 aromatic rings. The molecular formula is C12H6F3N3O2. The summed E-state index contributed by atoms with van der Waals surface area (Å²) in [5, 5.41) is 8.79. The second-order valence-electron chi connectivity index (χ2n) is 3.44. The van der Waals surface area contributed by atoms with Gasteiger partial charge in [-0.3, -0.25) is 0 Å². The lowest BCUT2D eigenvalue weighted by Crippen LogP contribution is -2.16. The Kier molecular flexibility index (Phi) is 3.70. The average Bonchev–Trinajstić information content (AvgIpc) is 2.40. The molecule has 8 heteroatoms. The van der Waals surface area contributed by atoms with Crippen molar-refractivity contribution in [3.63, 3.8) is 0 Å². The van der Waals surface area contributed by atoms with Gasteiger partial charge in [-0.15, -0.1) is 13.2 Å². The summed E-state index contributed by atoms with van der Waals surface area (Å²) in [6, 6.07) is 6.48. The number of alkyl halides is 3. The second kappa shape index (κ2) is 5.44. The Bertz CT molecular complexity index is 636. The molecule has 2 rings (SSSR count). The zero-order chi connectivity index (χ0) is 14.6. The summed E-state index contributed by atoms with van der Waals surface area (Å²) in [5.74, 6) is -0.194. The predicted octanol–water partition coefficient (Wildman–Crippen LogP) is 3.04. The van der Waals surface area contributed by atoms with E-state index in [0.29, 0.717) is 0 Å². The van der Waals surface area contributed by atoms with Crippen LogP contribution in [0.5, 0.6) is 17.4 Å². The van der Waals surface area contributed by atoms with Gasteiger partial charge in [0.2, 0.25) is 5.69 Å². The molecule has 0 fully saturated rings. The van der Waals surface area contributed by atoms with Gasteiger partial charge in [0, 0.05) is 12.4 Å². The van der Waals surface area contributed by atoms with Crippen LogP contribution >= 0.6 is 0 Å². The van der Waals surface area contributed by atoms with Crippen molar-refractivity contribution in [2.75, 3.05) is 0 Å². The van der Waals surface area contributed by atoms with E-state index in [0.717, 1.165) is 12.1 Å². The summed E-state index contributed by atoms with van der Waals surface area (Å²) in [6.45, 7) is 0. The average molecular weight is 281 g/mol. The smallest absolute Gasteiger partial charge is 0.436 e. The Labute approximate surface area is 111 Å². The first-order valence-electron chi connectivity index (χ1n) is 5.23. The van der Waals surface area contributed by atoms with Crippen LogP contribution in [0.1, 0.15) is 5.69 Å². The zero-order valence-electron chi connectivity index (χ0n) is 9.76. The molecule has 1 heterocycles. The van der Waals surface area contributed by atoms with Gasteiger partial charge in [0.15, 0.2) is 0 Å². The Hall–Kier alpha value is -2.82. The van der Waals surface area contributed by atoms with E-state index in [9.17, 15) is 13.2 Å². The third kappa shape index (κ3) is 3.58. The fraction of sp³-hybridized carbons (Fsp3) is 0.0833. The maximum Gasteiger partial charge on any atom is 0.573 e. The van der Waals surface area contributed by atoms with Gasteiger partial charge in [-0.1, -0.05) is 0 Å². The van der Waals surface area contributed by atoms with E-state index < -0.39 is 6.36 Å². The Morgan fingerprint density at radius 1 is 1.00 bits per heavy atom. The minimum Gasteiger partial charge on any atom is -0.436 e. The van der Waals surface area contributed by atoms with Gasteiger partial charge in [0.1, 0.15) is 17.6 Å². The number of halogens is 3. The quantitative estimate of drug-likeness (QED) is 0.864. The molecule has 0 aliphatic rings. The van der Waals surface area contributed by atoms with Crippen LogP contribution < -0.4 is 9.47 Å².